The van der Waals surface area contributed by atoms with E-state index < -0.39 is 0 Å². The zero-order chi connectivity index (χ0) is 61.8. The number of rotatable bonds is 8. The molecule has 18 aromatic rings. The average Bonchev–Trinajstić information content (AvgIpc) is 1.55. The molecule has 0 unspecified atom stereocenters. The predicted molar refractivity (Wildman–Crippen MR) is 387 cm³/mol. The smallest absolute Gasteiger partial charge is 0.238 e. The third-order valence-corrected chi connectivity index (χ3v) is 18.9. The summed E-state index contributed by atoms with van der Waals surface area (Å²) >= 11 is 0. The molecule has 20 rings (SSSR count). The van der Waals surface area contributed by atoms with E-state index in [4.69, 9.17) is 24.9 Å². The van der Waals surface area contributed by atoms with E-state index in [1.54, 1.807) is 0 Å². The molecule has 0 bridgehead atoms. The Hall–Kier alpha value is -12.7. The molecule has 0 N–H and O–H groups in total. The second kappa shape index (κ2) is 21.5. The third kappa shape index (κ3) is 8.35. The van der Waals surface area contributed by atoms with Crippen LogP contribution in [-0.4, -0.2) is 34.1 Å². The Bertz CT molecular complexity index is 5570. The van der Waals surface area contributed by atoms with Gasteiger partial charge in [-0.3, -0.25) is 9.13 Å². The van der Waals surface area contributed by atoms with Crippen LogP contribution in [0.4, 0.5) is 0 Å². The zero-order valence-electron chi connectivity index (χ0n) is 50.7. The maximum atomic E-state index is 5.35. The van der Waals surface area contributed by atoms with Gasteiger partial charge in [-0.1, -0.05) is 291 Å². The first-order chi connectivity index (χ1) is 46.7. The Morgan fingerprint density at radius 1 is 0.191 bits per heavy atom. The van der Waals surface area contributed by atoms with Crippen LogP contribution in [0.3, 0.4) is 0 Å². The minimum atomic E-state index is 0.595. The molecule has 4 aromatic heterocycles. The standard InChI is InChI=1S/C44H27N3.C43H26N4/c1-4-14-28(15-5-1)36-26-31-20-12-23-34-32-21-10-11-22-33(32)35-24-13-25-39-41(35)42(40(31)34)43(36)47(39)44-45-37(29-16-6-2-7-17-29)27-38(46-44)30-18-8-3-9-19-30;1-4-14-27(15-5-1)35-26-30-20-12-23-33-31-21-10-11-22-32(31)34-24-13-25-36-38(34)39(37(30)33)40(35)47(36)43-45-41(28-16-6-2-7-17-28)44-42(46-43)29-18-8-3-9-19-29/h1-27H;1-26H. The number of hydrogen-bond donors (Lipinski definition) is 0. The quantitative estimate of drug-likeness (QED) is 0.152. The molecule has 7 nitrogen and oxygen atoms in total. The first kappa shape index (κ1) is 53.2. The molecular weight excluding hydrogens is 1140 g/mol. The van der Waals surface area contributed by atoms with Crippen LogP contribution < -0.4 is 0 Å². The molecule has 0 saturated carbocycles. The van der Waals surface area contributed by atoms with Crippen molar-refractivity contribution in [1.82, 2.24) is 34.1 Å². The summed E-state index contributed by atoms with van der Waals surface area (Å²) in [7, 11) is 0. The van der Waals surface area contributed by atoms with Gasteiger partial charge in [0.1, 0.15) is 0 Å². The van der Waals surface area contributed by atoms with Crippen LogP contribution in [-0.2, 0) is 0 Å². The topological polar surface area (TPSA) is 74.3 Å². The molecular formula is C87H53N7. The molecule has 2 aliphatic carbocycles. The van der Waals surface area contributed by atoms with Gasteiger partial charge in [-0.05, 0) is 108 Å². The lowest BCUT2D eigenvalue weighted by molar-refractivity contribution is 0.954. The highest BCUT2D eigenvalue weighted by Gasteiger charge is 2.31. The summed E-state index contributed by atoms with van der Waals surface area (Å²) in [5.41, 5.74) is 24.7. The van der Waals surface area contributed by atoms with Gasteiger partial charge in [0, 0.05) is 54.9 Å². The largest absolute Gasteiger partial charge is 0.277 e. The summed E-state index contributed by atoms with van der Waals surface area (Å²) < 4.78 is 4.60. The number of hydrogen-bond acceptors (Lipinski definition) is 5. The highest BCUT2D eigenvalue weighted by atomic mass is 15.2. The maximum Gasteiger partial charge on any atom is 0.238 e. The second-order valence-electron chi connectivity index (χ2n) is 24.2. The van der Waals surface area contributed by atoms with Crippen LogP contribution in [0.2, 0.25) is 0 Å². The summed E-state index contributed by atoms with van der Waals surface area (Å²) in [6.45, 7) is 0. The second-order valence-corrected chi connectivity index (χ2v) is 24.2. The Kier molecular flexibility index (Phi) is 12.1. The zero-order valence-corrected chi connectivity index (χ0v) is 50.7. The van der Waals surface area contributed by atoms with Crippen molar-refractivity contribution in [3.63, 3.8) is 0 Å². The summed E-state index contributed by atoms with van der Waals surface area (Å²) in [5, 5.41) is 9.88. The number of aromatic nitrogens is 7. The average molecular weight is 1200 g/mol. The first-order valence-electron chi connectivity index (χ1n) is 31.9. The van der Waals surface area contributed by atoms with Gasteiger partial charge in [0.25, 0.3) is 0 Å². The van der Waals surface area contributed by atoms with Crippen molar-refractivity contribution in [2.75, 3.05) is 0 Å². The molecule has 7 heteroatoms. The van der Waals surface area contributed by atoms with Crippen molar-refractivity contribution in [3.05, 3.63) is 322 Å². The molecule has 0 atom stereocenters. The van der Waals surface area contributed by atoms with Crippen molar-refractivity contribution in [2.24, 2.45) is 0 Å². The van der Waals surface area contributed by atoms with Crippen molar-refractivity contribution in [1.29, 1.82) is 0 Å². The van der Waals surface area contributed by atoms with Gasteiger partial charge >= 0.3 is 0 Å². The number of benzene rings is 14. The number of fused-ring (bicyclic) bond motifs is 6. The van der Waals surface area contributed by atoms with Crippen LogP contribution in [0, 0.1) is 0 Å². The molecule has 0 aliphatic heterocycles. The molecule has 94 heavy (non-hydrogen) atoms. The van der Waals surface area contributed by atoms with Crippen LogP contribution in [0.5, 0.6) is 0 Å². The lowest BCUT2D eigenvalue weighted by Gasteiger charge is -2.16. The van der Waals surface area contributed by atoms with E-state index in [0.29, 0.717) is 23.5 Å². The van der Waals surface area contributed by atoms with E-state index in [1.807, 2.05) is 48.5 Å². The Labute approximate surface area is 541 Å². The van der Waals surface area contributed by atoms with Crippen LogP contribution in [0.25, 0.3) is 189 Å². The summed E-state index contributed by atoms with van der Waals surface area (Å²) in [4.78, 5) is 26.2. The SMILES string of the molecule is c1ccc(-c2cc(-c3ccccc3)nc(-n3c4cccc5c4c4c6c(cccc6cc(-c6ccccc6)c43)-c3ccccc3-5)n2)cc1.c1ccc(-c2nc(-c3ccccc3)nc(-n3c4cccc5c4c4c6c(cccc6cc(-c6ccccc6)c43)-c3ccccc3-5)n2)cc1. The van der Waals surface area contributed by atoms with Gasteiger partial charge in [-0.25, -0.2) is 15.0 Å². The van der Waals surface area contributed by atoms with Gasteiger partial charge in [0.05, 0.1) is 33.5 Å². The monoisotopic (exact) mass is 1200 g/mol. The van der Waals surface area contributed by atoms with E-state index in [9.17, 15) is 0 Å². The molecule has 0 amide bonds. The minimum absolute atomic E-state index is 0.595. The van der Waals surface area contributed by atoms with Gasteiger partial charge in [0.2, 0.25) is 11.9 Å². The molecule has 0 saturated heterocycles. The van der Waals surface area contributed by atoms with E-state index in [1.165, 1.54) is 87.6 Å². The van der Waals surface area contributed by atoms with Gasteiger partial charge < -0.3 is 0 Å². The molecule has 0 radical (unpaired) electrons. The van der Waals surface area contributed by atoms with Crippen LogP contribution >= 0.6 is 0 Å². The van der Waals surface area contributed by atoms with Crippen LogP contribution in [0.1, 0.15) is 0 Å². The maximum absolute atomic E-state index is 5.35. The molecule has 0 fully saturated rings. The molecule has 4 heterocycles. The Morgan fingerprint density at radius 3 is 0.862 bits per heavy atom. The van der Waals surface area contributed by atoms with Gasteiger partial charge in [-0.15, -0.1) is 0 Å². The minimum Gasteiger partial charge on any atom is -0.277 e. The van der Waals surface area contributed by atoms with Gasteiger partial charge in [-0.2, -0.15) is 9.97 Å². The lowest BCUT2D eigenvalue weighted by atomic mass is 9.91. The summed E-state index contributed by atoms with van der Waals surface area (Å²) in [6, 6.07) is 114. The van der Waals surface area contributed by atoms with E-state index >= 15 is 0 Å². The Balaban J connectivity index is 0.000000133. The van der Waals surface area contributed by atoms with Gasteiger partial charge in [0.15, 0.2) is 11.6 Å². The fraction of sp³-hybridized carbons (Fsp3) is 0. The molecule has 436 valence electrons. The van der Waals surface area contributed by atoms with Crippen molar-refractivity contribution < 1.29 is 0 Å². The fourth-order valence-electron chi connectivity index (χ4n) is 14.9. The molecule has 14 aromatic carbocycles. The third-order valence-electron chi connectivity index (χ3n) is 18.9. The highest BCUT2D eigenvalue weighted by Crippen LogP contribution is 2.54. The van der Waals surface area contributed by atoms with Crippen molar-refractivity contribution in [2.45, 2.75) is 0 Å². The number of nitrogens with zero attached hydrogens (tertiary/aromatic N) is 7. The summed E-state index contributed by atoms with van der Waals surface area (Å²) in [6.07, 6.45) is 0. The van der Waals surface area contributed by atoms with E-state index in [2.05, 4.69) is 282 Å². The summed E-state index contributed by atoms with van der Waals surface area (Å²) in [5.74, 6) is 2.53. The van der Waals surface area contributed by atoms with Crippen molar-refractivity contribution >= 4 is 65.2 Å². The lowest BCUT2D eigenvalue weighted by Crippen LogP contribution is -2.07. The normalized spacial score (nSPS) is 11.8. The molecule has 0 spiro atoms. The first-order valence-corrected chi connectivity index (χ1v) is 31.9. The highest BCUT2D eigenvalue weighted by molar-refractivity contribution is 6.34. The van der Waals surface area contributed by atoms with Crippen LogP contribution in [0.15, 0.2) is 322 Å². The van der Waals surface area contributed by atoms with E-state index in [-0.39, 0.29) is 0 Å². The molecule has 2 aliphatic rings. The van der Waals surface area contributed by atoms with Crippen molar-refractivity contribution in [3.8, 4) is 124 Å². The van der Waals surface area contributed by atoms with E-state index in [0.717, 1.165) is 78.0 Å². The Morgan fingerprint density at radius 2 is 0.489 bits per heavy atom. The predicted octanol–water partition coefficient (Wildman–Crippen LogP) is 22.1. The fourth-order valence-corrected chi connectivity index (χ4v) is 14.9.